The molecule has 0 spiro atoms. The third-order valence-electron chi connectivity index (χ3n) is 14.6. The monoisotopic (exact) mass is 840 g/mol. The van der Waals surface area contributed by atoms with Crippen molar-refractivity contribution in [2.75, 3.05) is 0 Å². The van der Waals surface area contributed by atoms with Crippen LogP contribution in [-0.4, -0.2) is 9.97 Å². The Balaban J connectivity index is 1.01. The molecule has 66 heavy (non-hydrogen) atoms. The third kappa shape index (κ3) is 5.61. The molecule has 2 aliphatic rings. The van der Waals surface area contributed by atoms with E-state index in [4.69, 9.17) is 9.97 Å². The molecule has 2 aliphatic carbocycles. The summed E-state index contributed by atoms with van der Waals surface area (Å²) in [5.41, 5.74) is 19.6. The molecule has 310 valence electrons. The van der Waals surface area contributed by atoms with E-state index in [0.29, 0.717) is 5.82 Å². The van der Waals surface area contributed by atoms with Gasteiger partial charge in [0.1, 0.15) is 0 Å². The molecule has 11 aromatic rings. The van der Waals surface area contributed by atoms with E-state index in [9.17, 15) is 0 Å². The van der Waals surface area contributed by atoms with Gasteiger partial charge in [-0.1, -0.05) is 220 Å². The fraction of sp³-hybridized carbons (Fsp3) is 0.0625. The van der Waals surface area contributed by atoms with Crippen molar-refractivity contribution in [2.24, 2.45) is 0 Å². The maximum absolute atomic E-state index is 5.41. The maximum Gasteiger partial charge on any atom is 0.160 e. The van der Waals surface area contributed by atoms with Crippen molar-refractivity contribution in [1.82, 2.24) is 9.97 Å². The molecular weight excluding hydrogens is 797 g/mol. The summed E-state index contributed by atoms with van der Waals surface area (Å²) < 4.78 is 0. The second kappa shape index (κ2) is 14.7. The standard InChI is InChI=1S/C64H44N2/c1-63(2)56-32-18-30-53(61(56)54-37-42-21-12-13-22-43(42)38-57(54)63)60-40-59(65-62(66-60)41-19-6-3-7-20-41)52-36-35-47(48-27-14-15-28-49(48)52)44-33-34-51-50-29-16-17-31-55(50)64(58(51)39-44,45-23-8-4-9-24-45)46-25-10-5-11-26-46/h3-40H,1-2H3. The Morgan fingerprint density at radius 1 is 0.318 bits per heavy atom. The molecule has 0 unspecified atom stereocenters. The summed E-state index contributed by atoms with van der Waals surface area (Å²) in [5.74, 6) is 0.709. The van der Waals surface area contributed by atoms with Gasteiger partial charge in [-0.3, -0.25) is 0 Å². The highest BCUT2D eigenvalue weighted by Gasteiger charge is 2.46. The van der Waals surface area contributed by atoms with E-state index in [-0.39, 0.29) is 5.41 Å². The Morgan fingerprint density at radius 2 is 0.848 bits per heavy atom. The van der Waals surface area contributed by atoms with E-state index in [1.807, 2.05) is 0 Å². The second-order valence-corrected chi connectivity index (χ2v) is 18.4. The largest absolute Gasteiger partial charge is 0.228 e. The van der Waals surface area contributed by atoms with Crippen LogP contribution >= 0.6 is 0 Å². The van der Waals surface area contributed by atoms with Gasteiger partial charge in [0.05, 0.1) is 16.8 Å². The van der Waals surface area contributed by atoms with Crippen molar-refractivity contribution in [3.05, 3.63) is 264 Å². The zero-order valence-corrected chi connectivity index (χ0v) is 36.8. The fourth-order valence-electron chi connectivity index (χ4n) is 11.5. The van der Waals surface area contributed by atoms with Gasteiger partial charge in [0.2, 0.25) is 0 Å². The average Bonchev–Trinajstić information content (AvgIpc) is 3.80. The summed E-state index contributed by atoms with van der Waals surface area (Å²) >= 11 is 0. The highest BCUT2D eigenvalue weighted by Crippen LogP contribution is 2.57. The topological polar surface area (TPSA) is 25.8 Å². The SMILES string of the molecule is CC1(C)c2cc3ccccc3cc2-c2c(-c3cc(-c4ccc(-c5ccc6c(c5)C(c5ccccc5)(c5ccccc5)c5ccccc5-6)c5ccccc45)nc(-c4ccccc4)n3)cccc21. The van der Waals surface area contributed by atoms with Gasteiger partial charge >= 0.3 is 0 Å². The number of hydrogen-bond donors (Lipinski definition) is 0. The molecule has 1 aromatic heterocycles. The highest BCUT2D eigenvalue weighted by atomic mass is 14.9. The van der Waals surface area contributed by atoms with Crippen molar-refractivity contribution in [2.45, 2.75) is 24.7 Å². The lowest BCUT2D eigenvalue weighted by atomic mass is 9.67. The minimum absolute atomic E-state index is 0.170. The van der Waals surface area contributed by atoms with Gasteiger partial charge in [0.25, 0.3) is 0 Å². The van der Waals surface area contributed by atoms with E-state index < -0.39 is 5.41 Å². The van der Waals surface area contributed by atoms with Crippen LogP contribution in [0.1, 0.15) is 47.2 Å². The molecule has 0 fully saturated rings. The first-order valence-electron chi connectivity index (χ1n) is 23.0. The molecule has 10 aromatic carbocycles. The number of nitrogens with zero attached hydrogens (tertiary/aromatic N) is 2. The molecule has 0 aliphatic heterocycles. The fourth-order valence-corrected chi connectivity index (χ4v) is 11.5. The first-order valence-corrected chi connectivity index (χ1v) is 23.0. The van der Waals surface area contributed by atoms with Crippen LogP contribution in [0.4, 0.5) is 0 Å². The van der Waals surface area contributed by atoms with Crippen LogP contribution in [-0.2, 0) is 10.8 Å². The molecule has 2 nitrogen and oxygen atoms in total. The van der Waals surface area contributed by atoms with E-state index in [1.165, 1.54) is 82.9 Å². The molecule has 2 heteroatoms. The van der Waals surface area contributed by atoms with Crippen molar-refractivity contribution in [1.29, 1.82) is 0 Å². The number of benzene rings is 10. The summed E-state index contributed by atoms with van der Waals surface area (Å²) in [6.45, 7) is 4.71. The number of fused-ring (bicyclic) bond motifs is 8. The Labute approximate surface area is 385 Å². The molecule has 0 saturated heterocycles. The van der Waals surface area contributed by atoms with E-state index in [1.54, 1.807) is 0 Å². The van der Waals surface area contributed by atoms with E-state index in [2.05, 4.69) is 244 Å². The van der Waals surface area contributed by atoms with Gasteiger partial charge in [0.15, 0.2) is 5.82 Å². The van der Waals surface area contributed by atoms with Crippen LogP contribution in [0.25, 0.3) is 88.8 Å². The van der Waals surface area contributed by atoms with Crippen molar-refractivity contribution < 1.29 is 0 Å². The maximum atomic E-state index is 5.41. The Bertz CT molecular complexity index is 3680. The molecule has 0 N–H and O–H groups in total. The molecule has 13 rings (SSSR count). The van der Waals surface area contributed by atoms with Gasteiger partial charge in [-0.05, 0) is 113 Å². The predicted molar refractivity (Wildman–Crippen MR) is 274 cm³/mol. The summed E-state index contributed by atoms with van der Waals surface area (Å²) in [6, 6.07) is 84.5. The van der Waals surface area contributed by atoms with Gasteiger partial charge in [-0.25, -0.2) is 9.97 Å². The molecule has 0 bridgehead atoms. The van der Waals surface area contributed by atoms with Crippen molar-refractivity contribution >= 4 is 21.5 Å². The minimum Gasteiger partial charge on any atom is -0.228 e. The normalized spacial score (nSPS) is 13.8. The smallest absolute Gasteiger partial charge is 0.160 e. The average molecular weight is 841 g/mol. The first-order chi connectivity index (χ1) is 32.5. The van der Waals surface area contributed by atoms with Crippen LogP contribution in [0.15, 0.2) is 231 Å². The van der Waals surface area contributed by atoms with Gasteiger partial charge < -0.3 is 0 Å². The lowest BCUT2D eigenvalue weighted by Gasteiger charge is -2.34. The van der Waals surface area contributed by atoms with Gasteiger partial charge in [-0.2, -0.15) is 0 Å². The Hall–Kier alpha value is -8.20. The Morgan fingerprint density at radius 3 is 1.58 bits per heavy atom. The number of hydrogen-bond acceptors (Lipinski definition) is 2. The van der Waals surface area contributed by atoms with Crippen LogP contribution in [0, 0.1) is 0 Å². The summed E-state index contributed by atoms with van der Waals surface area (Å²) in [6.07, 6.45) is 0. The summed E-state index contributed by atoms with van der Waals surface area (Å²) in [7, 11) is 0. The van der Waals surface area contributed by atoms with Gasteiger partial charge in [-0.15, -0.1) is 0 Å². The lowest BCUT2D eigenvalue weighted by molar-refractivity contribution is 0.661. The summed E-state index contributed by atoms with van der Waals surface area (Å²) in [5, 5.41) is 4.84. The highest BCUT2D eigenvalue weighted by molar-refractivity contribution is 6.06. The second-order valence-electron chi connectivity index (χ2n) is 18.4. The number of rotatable bonds is 6. The first kappa shape index (κ1) is 38.3. The zero-order valence-electron chi connectivity index (χ0n) is 36.8. The molecule has 1 heterocycles. The van der Waals surface area contributed by atoms with E-state index in [0.717, 1.165) is 33.5 Å². The van der Waals surface area contributed by atoms with Gasteiger partial charge in [0, 0.05) is 22.1 Å². The predicted octanol–water partition coefficient (Wildman–Crippen LogP) is 16.1. The quantitative estimate of drug-likeness (QED) is 0.167. The summed E-state index contributed by atoms with van der Waals surface area (Å²) in [4.78, 5) is 10.8. The zero-order chi connectivity index (χ0) is 44.0. The number of aromatic nitrogens is 2. The van der Waals surface area contributed by atoms with Crippen LogP contribution < -0.4 is 0 Å². The van der Waals surface area contributed by atoms with Crippen LogP contribution in [0.2, 0.25) is 0 Å². The van der Waals surface area contributed by atoms with Crippen LogP contribution in [0.3, 0.4) is 0 Å². The van der Waals surface area contributed by atoms with Crippen molar-refractivity contribution in [3.8, 4) is 67.3 Å². The molecule has 0 amide bonds. The molecular formula is C64H44N2. The molecule has 0 saturated carbocycles. The Kier molecular flexibility index (Phi) is 8.51. The molecule has 0 atom stereocenters. The lowest BCUT2D eigenvalue weighted by Crippen LogP contribution is -2.28. The minimum atomic E-state index is -0.480. The molecule has 0 radical (unpaired) electrons. The van der Waals surface area contributed by atoms with E-state index >= 15 is 0 Å². The third-order valence-corrected chi connectivity index (χ3v) is 14.6. The van der Waals surface area contributed by atoms with Crippen LogP contribution in [0.5, 0.6) is 0 Å². The van der Waals surface area contributed by atoms with Crippen molar-refractivity contribution in [3.63, 3.8) is 0 Å².